The van der Waals surface area contributed by atoms with Crippen molar-refractivity contribution in [1.82, 2.24) is 9.97 Å². The average molecular weight is 201 g/mol. The van der Waals surface area contributed by atoms with Crippen LogP contribution in [0.2, 0.25) is 0 Å². The van der Waals surface area contributed by atoms with E-state index in [0.29, 0.717) is 11.4 Å². The Morgan fingerprint density at radius 2 is 2.13 bits per heavy atom. The first-order valence-corrected chi connectivity index (χ1v) is 4.66. The molecular weight excluding hydrogens is 190 g/mol. The van der Waals surface area contributed by atoms with Gasteiger partial charge in [0.25, 0.3) is 0 Å². The van der Waals surface area contributed by atoms with Gasteiger partial charge in [-0.05, 0) is 13.0 Å². The molecule has 0 radical (unpaired) electrons. The van der Waals surface area contributed by atoms with Gasteiger partial charge in [0.2, 0.25) is 0 Å². The molecule has 76 valence electrons. The first kappa shape index (κ1) is 9.58. The summed E-state index contributed by atoms with van der Waals surface area (Å²) in [6, 6.07) is 5.48. The van der Waals surface area contributed by atoms with Crippen LogP contribution in [0.15, 0.2) is 24.5 Å². The van der Waals surface area contributed by atoms with Crippen molar-refractivity contribution >= 4 is 22.5 Å². The summed E-state index contributed by atoms with van der Waals surface area (Å²) in [5, 5.41) is 3.75. The van der Waals surface area contributed by atoms with Crippen LogP contribution in [0.5, 0.6) is 0 Å². The average Bonchev–Trinajstić information content (AvgIpc) is 2.27. The number of benzene rings is 1. The Kier molecular flexibility index (Phi) is 2.33. The van der Waals surface area contributed by atoms with Crippen molar-refractivity contribution in [3.8, 4) is 0 Å². The Morgan fingerprint density at radius 3 is 2.80 bits per heavy atom. The Morgan fingerprint density at radius 1 is 1.33 bits per heavy atom. The van der Waals surface area contributed by atoms with Crippen LogP contribution >= 0.6 is 0 Å². The highest BCUT2D eigenvalue weighted by Gasteiger charge is 2.10. The Bertz CT molecular complexity index is 517. The van der Waals surface area contributed by atoms with E-state index in [1.807, 2.05) is 12.1 Å². The summed E-state index contributed by atoms with van der Waals surface area (Å²) >= 11 is 0. The van der Waals surface area contributed by atoms with E-state index in [9.17, 15) is 4.79 Å². The number of aromatic nitrogens is 2. The summed E-state index contributed by atoms with van der Waals surface area (Å²) in [7, 11) is 1.78. The van der Waals surface area contributed by atoms with Gasteiger partial charge in [-0.15, -0.1) is 0 Å². The van der Waals surface area contributed by atoms with E-state index in [-0.39, 0.29) is 5.78 Å². The first-order valence-electron chi connectivity index (χ1n) is 4.66. The smallest absolute Gasteiger partial charge is 0.160 e. The SMILES string of the molecule is CNc1ncnc2cccc(C(C)=O)c12. The summed E-state index contributed by atoms with van der Waals surface area (Å²) in [5.41, 5.74) is 1.43. The molecule has 2 rings (SSSR count). The molecule has 0 spiro atoms. The third kappa shape index (κ3) is 1.54. The number of hydrogen-bond donors (Lipinski definition) is 1. The summed E-state index contributed by atoms with van der Waals surface area (Å²) in [5.74, 6) is 0.706. The molecule has 0 amide bonds. The lowest BCUT2D eigenvalue weighted by atomic mass is 10.1. The van der Waals surface area contributed by atoms with E-state index in [0.717, 1.165) is 10.9 Å². The topological polar surface area (TPSA) is 54.9 Å². The zero-order valence-electron chi connectivity index (χ0n) is 8.61. The van der Waals surface area contributed by atoms with Crippen molar-refractivity contribution < 1.29 is 4.79 Å². The van der Waals surface area contributed by atoms with E-state index >= 15 is 0 Å². The molecule has 0 aliphatic rings. The first-order chi connectivity index (χ1) is 7.24. The van der Waals surface area contributed by atoms with E-state index in [2.05, 4.69) is 15.3 Å². The normalized spacial score (nSPS) is 10.3. The maximum absolute atomic E-state index is 11.4. The van der Waals surface area contributed by atoms with Crippen LogP contribution in [0.4, 0.5) is 5.82 Å². The third-order valence-corrected chi connectivity index (χ3v) is 2.28. The molecule has 4 nitrogen and oxygen atoms in total. The van der Waals surface area contributed by atoms with Gasteiger partial charge in [-0.1, -0.05) is 12.1 Å². The molecule has 1 aromatic heterocycles. The van der Waals surface area contributed by atoms with Crippen molar-refractivity contribution in [2.24, 2.45) is 0 Å². The summed E-state index contributed by atoms with van der Waals surface area (Å²) < 4.78 is 0. The van der Waals surface area contributed by atoms with Crippen molar-refractivity contribution in [3.05, 3.63) is 30.1 Å². The Hall–Kier alpha value is -1.97. The highest BCUT2D eigenvalue weighted by Crippen LogP contribution is 2.23. The van der Waals surface area contributed by atoms with Gasteiger partial charge in [-0.3, -0.25) is 4.79 Å². The quantitative estimate of drug-likeness (QED) is 0.753. The molecule has 0 saturated heterocycles. The molecule has 4 heteroatoms. The molecule has 2 aromatic rings. The van der Waals surface area contributed by atoms with Gasteiger partial charge in [-0.2, -0.15) is 0 Å². The molecule has 0 unspecified atom stereocenters. The minimum atomic E-state index is 0.0203. The number of hydrogen-bond acceptors (Lipinski definition) is 4. The van der Waals surface area contributed by atoms with E-state index in [1.54, 1.807) is 20.0 Å². The number of carbonyl (C=O) groups is 1. The van der Waals surface area contributed by atoms with Gasteiger partial charge in [-0.25, -0.2) is 9.97 Å². The predicted molar refractivity (Wildman–Crippen MR) is 59.1 cm³/mol. The molecule has 0 aliphatic carbocycles. The monoisotopic (exact) mass is 201 g/mol. The second-order valence-corrected chi connectivity index (χ2v) is 3.23. The largest absolute Gasteiger partial charge is 0.373 e. The lowest BCUT2D eigenvalue weighted by Gasteiger charge is -2.06. The lowest BCUT2D eigenvalue weighted by molar-refractivity contribution is 0.101. The second kappa shape index (κ2) is 3.65. The maximum Gasteiger partial charge on any atom is 0.160 e. The van der Waals surface area contributed by atoms with Crippen molar-refractivity contribution in [2.45, 2.75) is 6.92 Å². The zero-order valence-corrected chi connectivity index (χ0v) is 8.61. The number of ketones is 1. The second-order valence-electron chi connectivity index (χ2n) is 3.23. The van der Waals surface area contributed by atoms with Crippen molar-refractivity contribution in [2.75, 3.05) is 12.4 Å². The van der Waals surface area contributed by atoms with Crippen molar-refractivity contribution in [1.29, 1.82) is 0 Å². The lowest BCUT2D eigenvalue weighted by Crippen LogP contribution is -2.00. The summed E-state index contributed by atoms with van der Waals surface area (Å²) in [6.45, 7) is 1.54. The summed E-state index contributed by atoms with van der Waals surface area (Å²) in [4.78, 5) is 19.7. The van der Waals surface area contributed by atoms with Gasteiger partial charge < -0.3 is 5.32 Å². The van der Waals surface area contributed by atoms with Crippen molar-refractivity contribution in [3.63, 3.8) is 0 Å². The number of carbonyl (C=O) groups excluding carboxylic acids is 1. The third-order valence-electron chi connectivity index (χ3n) is 2.28. The molecular formula is C11H11N3O. The number of anilines is 1. The van der Waals surface area contributed by atoms with E-state index in [1.165, 1.54) is 6.33 Å². The number of nitrogens with zero attached hydrogens (tertiary/aromatic N) is 2. The van der Waals surface area contributed by atoms with E-state index in [4.69, 9.17) is 0 Å². The van der Waals surface area contributed by atoms with Crippen LogP contribution in [0.1, 0.15) is 17.3 Å². The molecule has 15 heavy (non-hydrogen) atoms. The van der Waals surface area contributed by atoms with Crippen LogP contribution in [0, 0.1) is 0 Å². The fourth-order valence-electron chi connectivity index (χ4n) is 1.59. The fraction of sp³-hybridized carbons (Fsp3) is 0.182. The van der Waals surface area contributed by atoms with Gasteiger partial charge in [0.15, 0.2) is 5.78 Å². The minimum Gasteiger partial charge on any atom is -0.373 e. The van der Waals surface area contributed by atoms with Gasteiger partial charge in [0.1, 0.15) is 12.1 Å². The molecule has 1 N–H and O–H groups in total. The Balaban J connectivity index is 2.87. The van der Waals surface area contributed by atoms with Gasteiger partial charge >= 0.3 is 0 Å². The molecule has 0 bridgehead atoms. The molecule has 1 aromatic carbocycles. The van der Waals surface area contributed by atoms with Crippen LogP contribution in [-0.2, 0) is 0 Å². The van der Waals surface area contributed by atoms with Crippen LogP contribution in [0.25, 0.3) is 10.9 Å². The number of rotatable bonds is 2. The fourth-order valence-corrected chi connectivity index (χ4v) is 1.59. The highest BCUT2D eigenvalue weighted by molar-refractivity contribution is 6.09. The van der Waals surface area contributed by atoms with Gasteiger partial charge in [0, 0.05) is 12.6 Å². The number of fused-ring (bicyclic) bond motifs is 1. The molecule has 0 atom stereocenters. The van der Waals surface area contributed by atoms with Crippen LogP contribution in [0.3, 0.4) is 0 Å². The van der Waals surface area contributed by atoms with Crippen LogP contribution in [-0.4, -0.2) is 22.8 Å². The van der Waals surface area contributed by atoms with Crippen LogP contribution < -0.4 is 5.32 Å². The standard InChI is InChI=1S/C11H11N3O/c1-7(15)8-4-3-5-9-10(8)11(12-2)14-6-13-9/h3-6H,1-2H3,(H,12,13,14). The molecule has 0 fully saturated rings. The predicted octanol–water partition coefficient (Wildman–Crippen LogP) is 1.87. The Labute approximate surface area is 87.4 Å². The van der Waals surface area contributed by atoms with Gasteiger partial charge in [0.05, 0.1) is 10.9 Å². The molecule has 0 aliphatic heterocycles. The maximum atomic E-state index is 11.4. The minimum absolute atomic E-state index is 0.0203. The number of Topliss-reactive ketones (excluding diaryl/α,β-unsaturated/α-hetero) is 1. The zero-order chi connectivity index (χ0) is 10.8. The number of nitrogens with one attached hydrogen (secondary N) is 1. The molecule has 0 saturated carbocycles. The molecule has 1 heterocycles. The van der Waals surface area contributed by atoms with E-state index < -0.39 is 0 Å². The highest BCUT2D eigenvalue weighted by atomic mass is 16.1. The summed E-state index contributed by atoms with van der Waals surface area (Å²) in [6.07, 6.45) is 1.48.